The number of hydrogen-bond donors (Lipinski definition) is 2. The molecule has 0 aliphatic carbocycles. The standard InChI is InChI=1S/C22H45NO.C8H20NO.ClH/c1-2-3-4-5-6-7-8-9-10-11-12-13-14-15-16-17-18-19-20-21-22(23)24;1-4-6-9(2,3)7-5-8-10;/h2-21H2,1H3,(H2,23,24);10H,4-8H2,1-3H3;1H/q;+1;/p-1. The van der Waals surface area contributed by atoms with Crippen LogP contribution in [0.3, 0.4) is 0 Å². The summed E-state index contributed by atoms with van der Waals surface area (Å²) < 4.78 is 1.04. The van der Waals surface area contributed by atoms with Gasteiger partial charge in [-0.15, -0.1) is 0 Å². The molecule has 214 valence electrons. The maximum absolute atomic E-state index is 10.6. The largest absolute Gasteiger partial charge is 1.00 e. The molecular formula is C30H65ClN2O2. The Bertz CT molecular complexity index is 406. The molecule has 0 rings (SSSR count). The van der Waals surface area contributed by atoms with Gasteiger partial charge in [-0.25, -0.2) is 0 Å². The van der Waals surface area contributed by atoms with Crippen LogP contribution >= 0.6 is 0 Å². The SMILES string of the molecule is CCCCCCCCCCCCCCCCCCCCCC(N)=O.CCC[N+](C)(C)CCCO.[Cl-]. The summed E-state index contributed by atoms with van der Waals surface area (Å²) in [5.74, 6) is -0.151. The van der Waals surface area contributed by atoms with Gasteiger partial charge in [0, 0.05) is 19.4 Å². The smallest absolute Gasteiger partial charge is 0.217 e. The quantitative estimate of drug-likeness (QED) is 0.129. The molecule has 3 N–H and O–H groups in total. The van der Waals surface area contributed by atoms with Gasteiger partial charge in [0.25, 0.3) is 0 Å². The monoisotopic (exact) mass is 520 g/mol. The molecule has 0 aromatic rings. The van der Waals surface area contributed by atoms with Crippen molar-refractivity contribution in [2.45, 2.75) is 155 Å². The number of carbonyl (C=O) groups excluding carboxylic acids is 1. The molecule has 0 spiro atoms. The summed E-state index contributed by atoms with van der Waals surface area (Å²) in [6.45, 7) is 7.10. The third kappa shape index (κ3) is 38.4. The normalized spacial score (nSPS) is 11.0. The number of carbonyl (C=O) groups is 1. The van der Waals surface area contributed by atoms with Crippen LogP contribution in [-0.4, -0.2) is 49.3 Å². The van der Waals surface area contributed by atoms with Crippen LogP contribution in [-0.2, 0) is 4.79 Å². The summed E-state index contributed by atoms with van der Waals surface area (Å²) in [6.07, 6.45) is 28.9. The van der Waals surface area contributed by atoms with Crippen molar-refractivity contribution < 1.29 is 26.8 Å². The predicted molar refractivity (Wildman–Crippen MR) is 151 cm³/mol. The van der Waals surface area contributed by atoms with Gasteiger partial charge in [0.2, 0.25) is 5.91 Å². The lowest BCUT2D eigenvalue weighted by Gasteiger charge is -2.28. The summed E-state index contributed by atoms with van der Waals surface area (Å²) in [7, 11) is 4.42. The zero-order valence-electron chi connectivity index (χ0n) is 24.4. The molecule has 0 bridgehead atoms. The van der Waals surface area contributed by atoms with Crippen LogP contribution in [0.2, 0.25) is 0 Å². The molecule has 1 amide bonds. The Balaban J connectivity index is -0.000000784. The van der Waals surface area contributed by atoms with E-state index in [0.29, 0.717) is 13.0 Å². The lowest BCUT2D eigenvalue weighted by atomic mass is 10.0. The van der Waals surface area contributed by atoms with E-state index in [0.717, 1.165) is 23.9 Å². The van der Waals surface area contributed by atoms with Gasteiger partial charge in [0.15, 0.2) is 0 Å². The molecule has 0 saturated carbocycles. The van der Waals surface area contributed by atoms with Gasteiger partial charge in [-0.3, -0.25) is 4.79 Å². The Morgan fingerprint density at radius 2 is 0.914 bits per heavy atom. The molecule has 0 saturated heterocycles. The molecule has 4 nitrogen and oxygen atoms in total. The number of aliphatic hydroxyl groups excluding tert-OH is 1. The van der Waals surface area contributed by atoms with Gasteiger partial charge in [-0.05, 0) is 12.8 Å². The number of primary amides is 1. The van der Waals surface area contributed by atoms with Crippen molar-refractivity contribution in [3.63, 3.8) is 0 Å². The molecular weight excluding hydrogens is 456 g/mol. The van der Waals surface area contributed by atoms with Crippen LogP contribution in [0.15, 0.2) is 0 Å². The van der Waals surface area contributed by atoms with Gasteiger partial charge in [0.1, 0.15) is 0 Å². The van der Waals surface area contributed by atoms with E-state index in [-0.39, 0.29) is 18.3 Å². The number of nitrogens with two attached hydrogens (primary N) is 1. The van der Waals surface area contributed by atoms with E-state index in [1.54, 1.807) is 0 Å². The van der Waals surface area contributed by atoms with Crippen molar-refractivity contribution in [1.82, 2.24) is 0 Å². The van der Waals surface area contributed by atoms with E-state index in [2.05, 4.69) is 27.9 Å². The predicted octanol–water partition coefficient (Wildman–Crippen LogP) is 5.15. The Labute approximate surface area is 227 Å². The molecule has 0 fully saturated rings. The minimum atomic E-state index is -0.151. The fourth-order valence-corrected chi connectivity index (χ4v) is 4.59. The Morgan fingerprint density at radius 1 is 0.571 bits per heavy atom. The van der Waals surface area contributed by atoms with Crippen LogP contribution in [0.25, 0.3) is 0 Å². The second-order valence-corrected chi connectivity index (χ2v) is 11.0. The number of rotatable bonds is 25. The summed E-state index contributed by atoms with van der Waals surface area (Å²) in [5.41, 5.74) is 5.13. The minimum Gasteiger partial charge on any atom is -1.00 e. The molecule has 0 heterocycles. The van der Waals surface area contributed by atoms with E-state index in [1.807, 2.05) is 0 Å². The highest BCUT2D eigenvalue weighted by molar-refractivity contribution is 5.73. The van der Waals surface area contributed by atoms with Crippen LogP contribution in [0.5, 0.6) is 0 Å². The van der Waals surface area contributed by atoms with Gasteiger partial charge >= 0.3 is 0 Å². The highest BCUT2D eigenvalue weighted by Crippen LogP contribution is 2.14. The summed E-state index contributed by atoms with van der Waals surface area (Å²) >= 11 is 0. The Morgan fingerprint density at radius 3 is 1.20 bits per heavy atom. The Hall–Kier alpha value is -0.320. The molecule has 0 aromatic heterocycles. The molecule has 0 atom stereocenters. The molecule has 35 heavy (non-hydrogen) atoms. The first kappa shape index (κ1) is 39.2. The van der Waals surface area contributed by atoms with Crippen molar-refractivity contribution in [2.75, 3.05) is 33.8 Å². The highest BCUT2D eigenvalue weighted by Gasteiger charge is 2.11. The average molecular weight is 521 g/mol. The van der Waals surface area contributed by atoms with Gasteiger partial charge in [-0.1, -0.05) is 129 Å². The van der Waals surface area contributed by atoms with Gasteiger partial charge in [-0.2, -0.15) is 0 Å². The number of aliphatic hydroxyl groups is 1. The topological polar surface area (TPSA) is 63.3 Å². The third-order valence-corrected chi connectivity index (χ3v) is 6.78. The average Bonchev–Trinajstić information content (AvgIpc) is 2.79. The number of nitrogens with zero attached hydrogens (tertiary/aromatic N) is 1. The third-order valence-electron chi connectivity index (χ3n) is 6.78. The van der Waals surface area contributed by atoms with Crippen LogP contribution < -0.4 is 18.1 Å². The van der Waals surface area contributed by atoms with Crippen LogP contribution in [0.4, 0.5) is 0 Å². The molecule has 0 aliphatic heterocycles. The van der Waals surface area contributed by atoms with E-state index >= 15 is 0 Å². The zero-order chi connectivity index (χ0) is 25.8. The van der Waals surface area contributed by atoms with Gasteiger partial charge in [0.05, 0.1) is 27.2 Å². The van der Waals surface area contributed by atoms with Crippen molar-refractivity contribution in [3.05, 3.63) is 0 Å². The van der Waals surface area contributed by atoms with E-state index in [4.69, 9.17) is 10.8 Å². The molecule has 0 unspecified atom stereocenters. The number of halogens is 1. The number of amides is 1. The van der Waals surface area contributed by atoms with Crippen molar-refractivity contribution >= 4 is 5.91 Å². The van der Waals surface area contributed by atoms with Crippen molar-refractivity contribution in [1.29, 1.82) is 0 Å². The zero-order valence-corrected chi connectivity index (χ0v) is 25.2. The summed E-state index contributed by atoms with van der Waals surface area (Å²) in [6, 6.07) is 0. The molecule has 0 radical (unpaired) electrons. The second-order valence-electron chi connectivity index (χ2n) is 11.0. The van der Waals surface area contributed by atoms with Crippen molar-refractivity contribution in [3.8, 4) is 0 Å². The maximum atomic E-state index is 10.6. The first-order chi connectivity index (χ1) is 16.4. The Kier molecular flexibility index (Phi) is 35.5. The first-order valence-corrected chi connectivity index (χ1v) is 15.1. The molecule has 0 aromatic carbocycles. The summed E-state index contributed by atoms with van der Waals surface area (Å²) in [5, 5.41) is 8.59. The number of hydrogen-bond acceptors (Lipinski definition) is 2. The van der Waals surface area contributed by atoms with E-state index < -0.39 is 0 Å². The molecule has 0 aliphatic rings. The maximum Gasteiger partial charge on any atom is 0.217 e. The fourth-order valence-electron chi connectivity index (χ4n) is 4.59. The second kappa shape index (κ2) is 31.7. The van der Waals surface area contributed by atoms with Crippen LogP contribution in [0, 0.1) is 0 Å². The van der Waals surface area contributed by atoms with E-state index in [1.165, 1.54) is 129 Å². The highest BCUT2D eigenvalue weighted by atomic mass is 35.5. The lowest BCUT2D eigenvalue weighted by Crippen LogP contribution is -3.00. The van der Waals surface area contributed by atoms with Crippen LogP contribution in [0.1, 0.15) is 155 Å². The number of quaternary nitrogens is 1. The van der Waals surface area contributed by atoms with Gasteiger partial charge < -0.3 is 27.7 Å². The summed E-state index contributed by atoms with van der Waals surface area (Å²) in [4.78, 5) is 10.6. The lowest BCUT2D eigenvalue weighted by molar-refractivity contribution is -0.890. The molecule has 5 heteroatoms. The van der Waals surface area contributed by atoms with Crippen molar-refractivity contribution in [2.24, 2.45) is 5.73 Å². The first-order valence-electron chi connectivity index (χ1n) is 15.1. The minimum absolute atomic E-state index is 0. The van der Waals surface area contributed by atoms with E-state index in [9.17, 15) is 4.79 Å². The fraction of sp³-hybridized carbons (Fsp3) is 0.967. The number of unbranched alkanes of at least 4 members (excludes halogenated alkanes) is 18.